The zero-order chi connectivity index (χ0) is 36.6. The number of aromatic amines is 1. The molecule has 5 aromatic heterocycles. The summed E-state index contributed by atoms with van der Waals surface area (Å²) in [6.45, 7) is 15.7. The zero-order valence-electron chi connectivity index (χ0n) is 31.4. The summed E-state index contributed by atoms with van der Waals surface area (Å²) in [5.74, 6) is 1.67. The number of pyridine rings is 2. The van der Waals surface area contributed by atoms with Crippen molar-refractivity contribution in [1.29, 1.82) is 0 Å². The van der Waals surface area contributed by atoms with Gasteiger partial charge in [-0.15, -0.1) is 0 Å². The van der Waals surface area contributed by atoms with Crippen LogP contribution >= 0.6 is 0 Å². The summed E-state index contributed by atoms with van der Waals surface area (Å²) in [6.07, 6.45) is 1.94. The van der Waals surface area contributed by atoms with Crippen LogP contribution in [0.2, 0.25) is 0 Å². The van der Waals surface area contributed by atoms with E-state index >= 15 is 0 Å². The van der Waals surface area contributed by atoms with E-state index in [2.05, 4.69) is 178 Å². The summed E-state index contributed by atoms with van der Waals surface area (Å²) < 4.78 is 4.61. The molecule has 0 atom stereocenters. The Morgan fingerprint density at radius 3 is 1.92 bits per heavy atom. The minimum absolute atomic E-state index is 0.00208. The Bertz CT molecular complexity index is 2810. The monoisotopic (exact) mass is 692 g/mol. The Hall–Kier alpha value is -6.01. The van der Waals surface area contributed by atoms with Gasteiger partial charge in [-0.1, -0.05) is 109 Å². The fraction of sp³-hybridized carbons (Fsp3) is 0.213. The molecule has 9 aromatic rings. The van der Waals surface area contributed by atoms with Crippen LogP contribution < -0.4 is 0 Å². The lowest BCUT2D eigenvalue weighted by molar-refractivity contribution is 0.588. The predicted molar refractivity (Wildman–Crippen MR) is 221 cm³/mol. The topological polar surface area (TPSA) is 64.3 Å². The van der Waals surface area contributed by atoms with Gasteiger partial charge in [0, 0.05) is 39.0 Å². The second-order valence-corrected chi connectivity index (χ2v) is 15.9. The number of rotatable bonds is 6. The van der Waals surface area contributed by atoms with Crippen LogP contribution in [0.4, 0.5) is 0 Å². The van der Waals surface area contributed by atoms with Gasteiger partial charge in [-0.25, -0.2) is 9.97 Å². The predicted octanol–water partition coefficient (Wildman–Crippen LogP) is 12.3. The Morgan fingerprint density at radius 2 is 1.23 bits per heavy atom. The highest BCUT2D eigenvalue weighted by Crippen LogP contribution is 2.39. The second-order valence-electron chi connectivity index (χ2n) is 15.9. The third kappa shape index (κ3) is 5.35. The third-order valence-corrected chi connectivity index (χ3v) is 10.8. The SMILES string of the molecule is CC(C)c1cccc(C(C)C)c1-c1cc(-c2ccc3c4ccccc4n(-c4ccc5c6ccccc6n(-c6cc(C(C)(C)C)ccn6)c5c4)c3n2)[nH]n1. The van der Waals surface area contributed by atoms with Gasteiger partial charge in [-0.2, -0.15) is 5.10 Å². The molecule has 0 spiro atoms. The molecule has 0 amide bonds. The minimum Gasteiger partial charge on any atom is -0.294 e. The van der Waals surface area contributed by atoms with Crippen LogP contribution in [-0.4, -0.2) is 29.3 Å². The molecule has 9 rings (SSSR count). The van der Waals surface area contributed by atoms with Crippen LogP contribution in [-0.2, 0) is 5.41 Å². The first-order valence-electron chi connectivity index (χ1n) is 18.7. The molecule has 0 unspecified atom stereocenters. The van der Waals surface area contributed by atoms with Crippen LogP contribution in [0.3, 0.4) is 0 Å². The quantitative estimate of drug-likeness (QED) is 0.189. The first-order chi connectivity index (χ1) is 25.6. The van der Waals surface area contributed by atoms with Crippen molar-refractivity contribution in [2.45, 2.75) is 65.7 Å². The van der Waals surface area contributed by atoms with Crippen molar-refractivity contribution in [3.63, 3.8) is 0 Å². The molecule has 0 aliphatic carbocycles. The molecule has 0 fully saturated rings. The Morgan fingerprint density at radius 1 is 0.585 bits per heavy atom. The molecule has 0 saturated carbocycles. The number of nitrogens with zero attached hydrogens (tertiary/aromatic N) is 5. The van der Waals surface area contributed by atoms with Crippen LogP contribution in [0.1, 0.15) is 77.0 Å². The highest BCUT2D eigenvalue weighted by molar-refractivity contribution is 6.11. The van der Waals surface area contributed by atoms with E-state index in [1.807, 2.05) is 6.20 Å². The molecule has 6 heteroatoms. The normalized spacial score (nSPS) is 12.4. The van der Waals surface area contributed by atoms with Gasteiger partial charge in [0.1, 0.15) is 11.5 Å². The van der Waals surface area contributed by atoms with Gasteiger partial charge in [-0.3, -0.25) is 14.2 Å². The summed E-state index contributed by atoms with van der Waals surface area (Å²) >= 11 is 0. The molecule has 0 aliphatic rings. The lowest BCUT2D eigenvalue weighted by Gasteiger charge is -2.20. The van der Waals surface area contributed by atoms with E-state index in [1.54, 1.807) is 0 Å². The largest absolute Gasteiger partial charge is 0.294 e. The maximum atomic E-state index is 5.40. The van der Waals surface area contributed by atoms with Gasteiger partial charge < -0.3 is 0 Å². The first kappa shape index (κ1) is 32.9. The van der Waals surface area contributed by atoms with Crippen molar-refractivity contribution < 1.29 is 0 Å². The summed E-state index contributed by atoms with van der Waals surface area (Å²) in [5.41, 5.74) is 13.1. The van der Waals surface area contributed by atoms with Crippen molar-refractivity contribution in [3.05, 3.63) is 138 Å². The molecule has 4 aromatic carbocycles. The molecule has 0 bridgehead atoms. The van der Waals surface area contributed by atoms with E-state index < -0.39 is 0 Å². The van der Waals surface area contributed by atoms with Crippen molar-refractivity contribution in [1.82, 2.24) is 29.3 Å². The van der Waals surface area contributed by atoms with Crippen LogP contribution in [0, 0.1) is 0 Å². The van der Waals surface area contributed by atoms with Gasteiger partial charge in [0.25, 0.3) is 0 Å². The van der Waals surface area contributed by atoms with Gasteiger partial charge >= 0.3 is 0 Å². The molecule has 6 nitrogen and oxygen atoms in total. The number of H-pyrrole nitrogens is 1. The molecular formula is C47H44N6. The average Bonchev–Trinajstić information content (AvgIpc) is 3.86. The molecule has 0 aliphatic heterocycles. The standard InChI is InChI=1S/C47H44N6/c1-28(2)32-15-12-16-33(29(3)4)45(32)40-27-39(50-51-40)38-22-21-37-35-14-9-10-17-41(35)52(46(37)49-38)31-19-20-36-34-13-8-11-18-42(34)53(43(36)26-31)44-25-30(23-24-48-44)47(5,6)7/h8-29H,1-7H3,(H,50,51). The number of hydrogen-bond acceptors (Lipinski definition) is 3. The molecule has 0 saturated heterocycles. The fourth-order valence-electron chi connectivity index (χ4n) is 8.03. The molecule has 5 heterocycles. The number of fused-ring (bicyclic) bond motifs is 6. The first-order valence-corrected chi connectivity index (χ1v) is 18.7. The van der Waals surface area contributed by atoms with E-state index in [0.717, 1.165) is 56.2 Å². The fourth-order valence-corrected chi connectivity index (χ4v) is 8.03. The smallest absolute Gasteiger partial charge is 0.146 e. The van der Waals surface area contributed by atoms with Crippen LogP contribution in [0.5, 0.6) is 0 Å². The molecule has 1 N–H and O–H groups in total. The van der Waals surface area contributed by atoms with Gasteiger partial charge in [-0.05, 0) is 88.5 Å². The maximum absolute atomic E-state index is 5.40. The van der Waals surface area contributed by atoms with E-state index in [4.69, 9.17) is 15.1 Å². The number of hydrogen-bond donors (Lipinski definition) is 1. The van der Waals surface area contributed by atoms with Crippen LogP contribution in [0.15, 0.2) is 121 Å². The molecule has 0 radical (unpaired) electrons. The highest BCUT2D eigenvalue weighted by Gasteiger charge is 2.22. The summed E-state index contributed by atoms with van der Waals surface area (Å²) in [5, 5.41) is 12.9. The van der Waals surface area contributed by atoms with Crippen molar-refractivity contribution >= 4 is 43.7 Å². The average molecular weight is 693 g/mol. The van der Waals surface area contributed by atoms with Gasteiger partial charge in [0.05, 0.1) is 33.6 Å². The third-order valence-electron chi connectivity index (χ3n) is 10.8. The van der Waals surface area contributed by atoms with Crippen molar-refractivity contribution in [3.8, 4) is 34.2 Å². The Labute approximate surface area is 310 Å². The van der Waals surface area contributed by atoms with E-state index in [0.29, 0.717) is 11.8 Å². The summed E-state index contributed by atoms with van der Waals surface area (Å²) in [6, 6.07) is 41.5. The number of nitrogens with one attached hydrogen (secondary N) is 1. The van der Waals surface area contributed by atoms with Crippen molar-refractivity contribution in [2.24, 2.45) is 0 Å². The van der Waals surface area contributed by atoms with Crippen molar-refractivity contribution in [2.75, 3.05) is 0 Å². The van der Waals surface area contributed by atoms with Crippen LogP contribution in [0.25, 0.3) is 77.9 Å². The number of para-hydroxylation sites is 2. The van der Waals surface area contributed by atoms with Gasteiger partial charge in [0.2, 0.25) is 0 Å². The number of aromatic nitrogens is 6. The highest BCUT2D eigenvalue weighted by atomic mass is 15.1. The molecular weight excluding hydrogens is 649 g/mol. The van der Waals surface area contributed by atoms with E-state index in [9.17, 15) is 0 Å². The molecule has 53 heavy (non-hydrogen) atoms. The minimum atomic E-state index is -0.00208. The Kier molecular flexibility index (Phi) is 7.63. The Balaban J connectivity index is 1.25. The summed E-state index contributed by atoms with van der Waals surface area (Å²) in [4.78, 5) is 10.3. The lowest BCUT2D eigenvalue weighted by atomic mass is 9.87. The zero-order valence-corrected chi connectivity index (χ0v) is 31.4. The maximum Gasteiger partial charge on any atom is 0.146 e. The van der Waals surface area contributed by atoms with E-state index in [1.165, 1.54) is 38.4 Å². The summed E-state index contributed by atoms with van der Waals surface area (Å²) in [7, 11) is 0. The number of benzene rings is 4. The lowest BCUT2D eigenvalue weighted by Crippen LogP contribution is -2.12. The van der Waals surface area contributed by atoms with E-state index in [-0.39, 0.29) is 5.41 Å². The second kappa shape index (κ2) is 12.3. The van der Waals surface area contributed by atoms with Gasteiger partial charge in [0.15, 0.2) is 0 Å². The molecule has 262 valence electrons.